The molecule has 0 aliphatic carbocycles. The Morgan fingerprint density at radius 3 is 3.14 bits per heavy atom. The van der Waals surface area contributed by atoms with Crippen LogP contribution in [-0.2, 0) is 0 Å². The summed E-state index contributed by atoms with van der Waals surface area (Å²) in [6.07, 6.45) is 5.49. The fraction of sp³-hybridized carbons (Fsp3) is 0.333. The molecule has 0 aliphatic rings. The van der Waals surface area contributed by atoms with E-state index in [0.29, 0.717) is 12.6 Å². The van der Waals surface area contributed by atoms with Crippen LogP contribution >= 0.6 is 11.8 Å². The lowest BCUT2D eigenvalue weighted by Crippen LogP contribution is -2.01. The molecule has 4 nitrogen and oxygen atoms in total. The highest BCUT2D eigenvalue weighted by atomic mass is 32.2. The van der Waals surface area contributed by atoms with Crippen molar-refractivity contribution in [3.63, 3.8) is 0 Å². The first kappa shape index (κ1) is 9.33. The maximum atomic E-state index is 5.42. The fourth-order valence-electron chi connectivity index (χ4n) is 1.21. The molecule has 2 rings (SSSR count). The second kappa shape index (κ2) is 3.88. The van der Waals surface area contributed by atoms with Crippen LogP contribution in [0.25, 0.3) is 5.52 Å². The number of hydrogen-bond acceptors (Lipinski definition) is 4. The standard InChI is InChI=1S/C9H11N3OS/c1-3-13-9-11-8(14-2)4-7-5-10-6-12(7)9/h4-6H,3H2,1-2H3. The van der Waals surface area contributed by atoms with Crippen LogP contribution in [-0.4, -0.2) is 27.2 Å². The number of imidazole rings is 1. The molecule has 0 amide bonds. The highest BCUT2D eigenvalue weighted by molar-refractivity contribution is 7.98. The molecular formula is C9H11N3OS. The molecule has 0 atom stereocenters. The Morgan fingerprint density at radius 2 is 2.43 bits per heavy atom. The molecule has 2 heterocycles. The summed E-state index contributed by atoms with van der Waals surface area (Å²) in [5, 5.41) is 0.946. The van der Waals surface area contributed by atoms with Gasteiger partial charge in [0.15, 0.2) is 0 Å². The number of aromatic nitrogens is 3. The third-order valence-corrected chi connectivity index (χ3v) is 2.46. The van der Waals surface area contributed by atoms with Gasteiger partial charge in [0.05, 0.1) is 18.3 Å². The van der Waals surface area contributed by atoms with Crippen molar-refractivity contribution in [2.24, 2.45) is 0 Å². The molecule has 2 aromatic heterocycles. The van der Waals surface area contributed by atoms with E-state index in [1.165, 1.54) is 0 Å². The van der Waals surface area contributed by atoms with E-state index < -0.39 is 0 Å². The quantitative estimate of drug-likeness (QED) is 0.571. The van der Waals surface area contributed by atoms with Gasteiger partial charge in [0.1, 0.15) is 11.4 Å². The lowest BCUT2D eigenvalue weighted by atomic mass is 10.5. The Hall–Kier alpha value is -1.23. The smallest absolute Gasteiger partial charge is 0.303 e. The molecule has 0 spiro atoms. The summed E-state index contributed by atoms with van der Waals surface area (Å²) in [5.41, 5.74) is 1.01. The normalized spacial score (nSPS) is 10.7. The molecule has 74 valence electrons. The minimum Gasteiger partial charge on any atom is -0.465 e. The maximum absolute atomic E-state index is 5.42. The first-order chi connectivity index (χ1) is 6.85. The van der Waals surface area contributed by atoms with E-state index in [2.05, 4.69) is 9.97 Å². The van der Waals surface area contributed by atoms with Crippen molar-refractivity contribution in [3.05, 3.63) is 18.6 Å². The summed E-state index contributed by atoms with van der Waals surface area (Å²) in [6, 6.07) is 2.59. The predicted molar refractivity (Wildman–Crippen MR) is 55.9 cm³/mol. The van der Waals surface area contributed by atoms with Crippen molar-refractivity contribution in [2.45, 2.75) is 11.9 Å². The second-order valence-corrected chi connectivity index (χ2v) is 3.53. The van der Waals surface area contributed by atoms with Crippen LogP contribution in [0.15, 0.2) is 23.6 Å². The first-order valence-electron chi connectivity index (χ1n) is 4.35. The van der Waals surface area contributed by atoms with Crippen LogP contribution in [0.3, 0.4) is 0 Å². The van der Waals surface area contributed by atoms with E-state index >= 15 is 0 Å². The number of ether oxygens (including phenoxy) is 1. The Labute approximate surface area is 86.3 Å². The van der Waals surface area contributed by atoms with E-state index in [0.717, 1.165) is 10.5 Å². The summed E-state index contributed by atoms with van der Waals surface area (Å²) in [7, 11) is 0. The lowest BCUT2D eigenvalue weighted by Gasteiger charge is -2.06. The summed E-state index contributed by atoms with van der Waals surface area (Å²) in [6.45, 7) is 2.55. The summed E-state index contributed by atoms with van der Waals surface area (Å²) >= 11 is 1.59. The molecule has 14 heavy (non-hydrogen) atoms. The highest BCUT2D eigenvalue weighted by Crippen LogP contribution is 2.19. The second-order valence-electron chi connectivity index (χ2n) is 2.70. The average molecular weight is 209 g/mol. The van der Waals surface area contributed by atoms with Gasteiger partial charge in [-0.25, -0.2) is 4.98 Å². The van der Waals surface area contributed by atoms with Gasteiger partial charge >= 0.3 is 6.01 Å². The van der Waals surface area contributed by atoms with E-state index in [9.17, 15) is 0 Å². The topological polar surface area (TPSA) is 39.4 Å². The van der Waals surface area contributed by atoms with Crippen LogP contribution in [0.1, 0.15) is 6.92 Å². The molecule has 2 aromatic rings. The SMILES string of the molecule is CCOc1nc(SC)cc2cncn12. The molecule has 5 heteroatoms. The molecule has 0 unspecified atom stereocenters. The third-order valence-electron chi connectivity index (χ3n) is 1.83. The summed E-state index contributed by atoms with van der Waals surface area (Å²) < 4.78 is 7.26. The Kier molecular flexibility index (Phi) is 2.58. The van der Waals surface area contributed by atoms with Gasteiger partial charge in [-0.15, -0.1) is 11.8 Å². The minimum atomic E-state index is 0.604. The summed E-state index contributed by atoms with van der Waals surface area (Å²) in [4.78, 5) is 8.40. The first-order valence-corrected chi connectivity index (χ1v) is 5.57. The Morgan fingerprint density at radius 1 is 1.57 bits per heavy atom. The van der Waals surface area contributed by atoms with E-state index in [1.54, 1.807) is 24.3 Å². The average Bonchev–Trinajstić information content (AvgIpc) is 2.66. The van der Waals surface area contributed by atoms with Gasteiger partial charge in [0.2, 0.25) is 0 Å². The van der Waals surface area contributed by atoms with Crippen LogP contribution < -0.4 is 4.74 Å². The van der Waals surface area contributed by atoms with Gasteiger partial charge in [0, 0.05) is 0 Å². The van der Waals surface area contributed by atoms with Crippen molar-refractivity contribution in [1.82, 2.24) is 14.4 Å². The van der Waals surface area contributed by atoms with E-state index in [4.69, 9.17) is 4.74 Å². The number of nitrogens with zero attached hydrogens (tertiary/aromatic N) is 3. The van der Waals surface area contributed by atoms with Gasteiger partial charge in [-0.3, -0.25) is 4.40 Å². The van der Waals surface area contributed by atoms with Crippen molar-refractivity contribution in [2.75, 3.05) is 12.9 Å². The largest absolute Gasteiger partial charge is 0.465 e. The number of thioether (sulfide) groups is 1. The zero-order chi connectivity index (χ0) is 9.97. The Bertz CT molecular complexity index is 441. The van der Waals surface area contributed by atoms with Crippen molar-refractivity contribution in [3.8, 4) is 6.01 Å². The molecule has 0 saturated heterocycles. The number of fused-ring (bicyclic) bond motifs is 1. The number of rotatable bonds is 3. The van der Waals surface area contributed by atoms with Crippen LogP contribution in [0.5, 0.6) is 6.01 Å². The van der Waals surface area contributed by atoms with Crippen molar-refractivity contribution >= 4 is 17.3 Å². The molecular weight excluding hydrogens is 198 g/mol. The molecule has 0 radical (unpaired) electrons. The van der Waals surface area contributed by atoms with Crippen LogP contribution in [0, 0.1) is 0 Å². The van der Waals surface area contributed by atoms with Gasteiger partial charge in [-0.05, 0) is 19.2 Å². The zero-order valence-corrected chi connectivity index (χ0v) is 8.91. The number of hydrogen-bond donors (Lipinski definition) is 0. The van der Waals surface area contributed by atoms with Crippen LogP contribution in [0.4, 0.5) is 0 Å². The molecule has 0 bridgehead atoms. The predicted octanol–water partition coefficient (Wildman–Crippen LogP) is 1.85. The van der Waals surface area contributed by atoms with E-state index in [-0.39, 0.29) is 0 Å². The van der Waals surface area contributed by atoms with Gasteiger partial charge in [-0.2, -0.15) is 4.98 Å². The van der Waals surface area contributed by atoms with Crippen LogP contribution in [0.2, 0.25) is 0 Å². The fourth-order valence-corrected chi connectivity index (χ4v) is 1.62. The van der Waals surface area contributed by atoms with Gasteiger partial charge < -0.3 is 4.74 Å². The third kappa shape index (κ3) is 1.55. The molecule has 0 saturated carbocycles. The maximum Gasteiger partial charge on any atom is 0.303 e. The zero-order valence-electron chi connectivity index (χ0n) is 8.10. The lowest BCUT2D eigenvalue weighted by molar-refractivity contribution is 0.305. The van der Waals surface area contributed by atoms with Crippen molar-refractivity contribution in [1.29, 1.82) is 0 Å². The molecule has 0 N–H and O–H groups in total. The van der Waals surface area contributed by atoms with Gasteiger partial charge in [0.25, 0.3) is 0 Å². The van der Waals surface area contributed by atoms with Gasteiger partial charge in [-0.1, -0.05) is 0 Å². The van der Waals surface area contributed by atoms with E-state index in [1.807, 2.05) is 23.6 Å². The molecule has 0 aromatic carbocycles. The Balaban J connectivity index is 2.58. The molecule has 0 aliphatic heterocycles. The monoisotopic (exact) mass is 209 g/mol. The molecule has 0 fully saturated rings. The summed E-state index contributed by atoms with van der Waals surface area (Å²) in [5.74, 6) is 0. The highest BCUT2D eigenvalue weighted by Gasteiger charge is 2.05. The van der Waals surface area contributed by atoms with Crippen molar-refractivity contribution < 1.29 is 4.74 Å². The minimum absolute atomic E-state index is 0.604.